The Morgan fingerprint density at radius 3 is 2.56 bits per heavy atom. The first kappa shape index (κ1) is 19.4. The second-order valence-corrected chi connectivity index (χ2v) is 7.12. The van der Waals surface area contributed by atoms with Gasteiger partial charge in [-0.1, -0.05) is 12.1 Å². The van der Waals surface area contributed by atoms with Crippen LogP contribution in [-0.2, 0) is 9.59 Å². The van der Waals surface area contributed by atoms with Gasteiger partial charge in [-0.05, 0) is 35.5 Å². The summed E-state index contributed by atoms with van der Waals surface area (Å²) >= 11 is 1.36. The Morgan fingerprint density at radius 1 is 1.22 bits per heavy atom. The van der Waals surface area contributed by atoms with E-state index in [1.807, 2.05) is 0 Å². The molecule has 1 fully saturated rings. The van der Waals surface area contributed by atoms with Gasteiger partial charge in [-0.25, -0.2) is 4.79 Å². The van der Waals surface area contributed by atoms with Crippen molar-refractivity contribution in [2.24, 2.45) is 4.99 Å². The lowest BCUT2D eigenvalue weighted by atomic mass is 10.2. The van der Waals surface area contributed by atoms with Gasteiger partial charge in [0.15, 0.2) is 11.8 Å². The van der Waals surface area contributed by atoms with E-state index in [0.29, 0.717) is 17.2 Å². The van der Waals surface area contributed by atoms with Crippen molar-refractivity contribution in [2.75, 3.05) is 45.9 Å². The number of thioether (sulfide) groups is 1. The van der Waals surface area contributed by atoms with Gasteiger partial charge in [0.05, 0.1) is 11.5 Å². The van der Waals surface area contributed by atoms with Crippen molar-refractivity contribution in [3.05, 3.63) is 34.7 Å². The summed E-state index contributed by atoms with van der Waals surface area (Å²) in [6, 6.07) is 6.87. The summed E-state index contributed by atoms with van der Waals surface area (Å²) in [5.41, 5.74) is 0.817. The fraction of sp³-hybridized carbons (Fsp3) is 0.389. The van der Waals surface area contributed by atoms with Crippen LogP contribution in [0.5, 0.6) is 5.75 Å². The van der Waals surface area contributed by atoms with Crippen molar-refractivity contribution >= 4 is 34.9 Å². The van der Waals surface area contributed by atoms with Crippen molar-refractivity contribution in [1.29, 1.82) is 0 Å². The van der Waals surface area contributed by atoms with Gasteiger partial charge in [0.25, 0.3) is 5.91 Å². The standard InChI is InChI=1S/C18H21N3O5S/c22-10-9-20-5-7-21(8-6-20)18-19-17(25)15(27-18)11-13-1-3-14(4-2-13)26-12-16(23)24/h1-4,11,22H,5-10,12H2,(H,23,24)/b15-11-. The molecule has 3 rings (SSSR count). The van der Waals surface area contributed by atoms with E-state index in [2.05, 4.69) is 14.8 Å². The number of piperazine rings is 1. The summed E-state index contributed by atoms with van der Waals surface area (Å²) in [7, 11) is 0. The first-order valence-electron chi connectivity index (χ1n) is 8.60. The Kier molecular flexibility index (Phi) is 6.49. The lowest BCUT2D eigenvalue weighted by Gasteiger charge is -2.34. The summed E-state index contributed by atoms with van der Waals surface area (Å²) in [6.45, 7) is 3.67. The number of amides is 1. The Hall–Kier alpha value is -2.36. The number of carboxylic acid groups (broad SMARTS) is 1. The number of aliphatic hydroxyl groups excluding tert-OH is 1. The minimum absolute atomic E-state index is 0.154. The molecule has 2 heterocycles. The molecule has 8 nitrogen and oxygen atoms in total. The van der Waals surface area contributed by atoms with E-state index in [4.69, 9.17) is 14.9 Å². The molecule has 1 saturated heterocycles. The van der Waals surface area contributed by atoms with Crippen molar-refractivity contribution in [3.63, 3.8) is 0 Å². The number of amidine groups is 1. The third-order valence-corrected chi connectivity index (χ3v) is 5.25. The highest BCUT2D eigenvalue weighted by molar-refractivity contribution is 8.18. The minimum Gasteiger partial charge on any atom is -0.482 e. The molecule has 27 heavy (non-hydrogen) atoms. The SMILES string of the molecule is O=C(O)COc1ccc(/C=C2\SC(N3CCN(CCO)CC3)=NC2=O)cc1. The van der Waals surface area contributed by atoms with Gasteiger partial charge in [0.1, 0.15) is 5.75 Å². The van der Waals surface area contributed by atoms with Gasteiger partial charge in [-0.2, -0.15) is 4.99 Å². The van der Waals surface area contributed by atoms with Crippen LogP contribution in [-0.4, -0.2) is 83.0 Å². The molecule has 2 N–H and O–H groups in total. The minimum atomic E-state index is -1.03. The predicted octanol–water partition coefficient (Wildman–Crippen LogP) is 0.730. The molecule has 2 aliphatic heterocycles. The molecule has 144 valence electrons. The van der Waals surface area contributed by atoms with E-state index >= 15 is 0 Å². The van der Waals surface area contributed by atoms with E-state index in [1.165, 1.54) is 11.8 Å². The molecule has 9 heteroatoms. The smallest absolute Gasteiger partial charge is 0.341 e. The predicted molar refractivity (Wildman–Crippen MR) is 103 cm³/mol. The molecule has 0 radical (unpaired) electrons. The zero-order valence-electron chi connectivity index (χ0n) is 14.7. The zero-order chi connectivity index (χ0) is 19.2. The largest absolute Gasteiger partial charge is 0.482 e. The Bertz CT molecular complexity index is 755. The van der Waals surface area contributed by atoms with Gasteiger partial charge in [0.2, 0.25) is 0 Å². The molecule has 0 aliphatic carbocycles. The third kappa shape index (κ3) is 5.31. The van der Waals surface area contributed by atoms with Crippen molar-refractivity contribution in [2.45, 2.75) is 0 Å². The number of aliphatic hydroxyl groups is 1. The van der Waals surface area contributed by atoms with Crippen molar-refractivity contribution < 1.29 is 24.5 Å². The van der Waals surface area contributed by atoms with Crippen LogP contribution in [0.4, 0.5) is 0 Å². The third-order valence-electron chi connectivity index (χ3n) is 4.21. The molecule has 0 aromatic heterocycles. The summed E-state index contributed by atoms with van der Waals surface area (Å²) in [5, 5.41) is 18.3. The monoisotopic (exact) mass is 391 g/mol. The number of aliphatic imine (C=N–C) groups is 1. The fourth-order valence-corrected chi connectivity index (χ4v) is 3.76. The fourth-order valence-electron chi connectivity index (χ4n) is 2.79. The number of carbonyl (C=O) groups is 2. The molecule has 0 unspecified atom stereocenters. The first-order chi connectivity index (χ1) is 13.0. The van der Waals surface area contributed by atoms with Gasteiger partial charge in [-0.3, -0.25) is 9.69 Å². The van der Waals surface area contributed by atoms with Crippen LogP contribution in [0.1, 0.15) is 5.56 Å². The van der Waals surface area contributed by atoms with Crippen LogP contribution >= 0.6 is 11.8 Å². The van der Waals surface area contributed by atoms with E-state index in [9.17, 15) is 9.59 Å². The molecular weight excluding hydrogens is 370 g/mol. The number of aliphatic carboxylic acids is 1. The Balaban J connectivity index is 1.58. The summed E-state index contributed by atoms with van der Waals surface area (Å²) in [6.07, 6.45) is 1.77. The van der Waals surface area contributed by atoms with Crippen LogP contribution in [0.2, 0.25) is 0 Å². The number of hydrogen-bond donors (Lipinski definition) is 2. The van der Waals surface area contributed by atoms with E-state index in [1.54, 1.807) is 30.3 Å². The number of benzene rings is 1. The second kappa shape index (κ2) is 9.03. The Morgan fingerprint density at radius 2 is 1.93 bits per heavy atom. The molecule has 0 spiro atoms. The second-order valence-electron chi connectivity index (χ2n) is 6.11. The van der Waals surface area contributed by atoms with Crippen molar-refractivity contribution in [3.8, 4) is 5.75 Å². The summed E-state index contributed by atoms with van der Waals surface area (Å²) in [5.74, 6) is -0.822. The number of ether oxygens (including phenoxy) is 1. The molecule has 2 aliphatic rings. The maximum atomic E-state index is 12.2. The Labute approximate surface area is 161 Å². The van der Waals surface area contributed by atoms with Crippen LogP contribution in [0.15, 0.2) is 34.2 Å². The van der Waals surface area contributed by atoms with Crippen molar-refractivity contribution in [1.82, 2.24) is 9.80 Å². The topological polar surface area (TPSA) is 103 Å². The molecule has 1 aromatic carbocycles. The van der Waals surface area contributed by atoms with Crippen LogP contribution in [0.25, 0.3) is 6.08 Å². The number of carbonyl (C=O) groups excluding carboxylic acids is 1. The highest BCUT2D eigenvalue weighted by Crippen LogP contribution is 2.31. The van der Waals surface area contributed by atoms with E-state index in [-0.39, 0.29) is 12.5 Å². The normalized spacial score (nSPS) is 19.4. The maximum Gasteiger partial charge on any atom is 0.341 e. The van der Waals surface area contributed by atoms with E-state index < -0.39 is 12.6 Å². The number of hydrogen-bond acceptors (Lipinski definition) is 7. The molecule has 1 aromatic rings. The van der Waals surface area contributed by atoms with Gasteiger partial charge >= 0.3 is 5.97 Å². The molecular formula is C18H21N3O5S. The average molecular weight is 391 g/mol. The highest BCUT2D eigenvalue weighted by Gasteiger charge is 2.28. The number of nitrogens with zero attached hydrogens (tertiary/aromatic N) is 3. The summed E-state index contributed by atoms with van der Waals surface area (Å²) < 4.78 is 5.09. The number of β-amino-alcohol motifs (C(OH)–C–C–N with tert-alkyl or cyclic N) is 1. The van der Waals surface area contributed by atoms with Gasteiger partial charge in [-0.15, -0.1) is 0 Å². The van der Waals surface area contributed by atoms with Gasteiger partial charge in [0, 0.05) is 32.7 Å². The first-order valence-corrected chi connectivity index (χ1v) is 9.42. The van der Waals surface area contributed by atoms with Crippen LogP contribution in [0, 0.1) is 0 Å². The number of rotatable bonds is 6. The molecule has 0 atom stereocenters. The maximum absolute atomic E-state index is 12.2. The van der Waals surface area contributed by atoms with Gasteiger partial charge < -0.3 is 19.8 Å². The number of carboxylic acids is 1. The van der Waals surface area contributed by atoms with Crippen LogP contribution in [0.3, 0.4) is 0 Å². The van der Waals surface area contributed by atoms with E-state index in [0.717, 1.165) is 36.9 Å². The average Bonchev–Trinajstić information content (AvgIpc) is 3.02. The quantitative estimate of drug-likeness (QED) is 0.685. The zero-order valence-corrected chi connectivity index (χ0v) is 15.5. The molecule has 0 bridgehead atoms. The lowest BCUT2D eigenvalue weighted by Crippen LogP contribution is -2.48. The lowest BCUT2D eigenvalue weighted by molar-refractivity contribution is -0.139. The highest BCUT2D eigenvalue weighted by atomic mass is 32.2. The van der Waals surface area contributed by atoms with Crippen LogP contribution < -0.4 is 4.74 Å². The summed E-state index contributed by atoms with van der Waals surface area (Å²) in [4.78, 5) is 31.7. The molecule has 0 saturated carbocycles. The molecule has 1 amide bonds.